The number of aliphatic hydroxyl groups is 2. The molecule has 0 radical (unpaired) electrons. The Morgan fingerprint density at radius 2 is 0.968 bits per heavy atom. The molecule has 0 aromatic heterocycles. The molecule has 18 nitrogen and oxygen atoms in total. The Morgan fingerprint density at radius 3 is 1.35 bits per heavy atom. The van der Waals surface area contributed by atoms with Gasteiger partial charge in [0.05, 0.1) is 45.7 Å². The maximum Gasteiger partial charge on any atom is 0.342 e. The molecule has 94 heavy (non-hydrogen) atoms. The zero-order chi connectivity index (χ0) is 71.6. The molecular formula is C72H122O18Si4. The first kappa shape index (κ1) is 84.1. The topological polar surface area (TPSA) is 204 Å². The first-order chi connectivity index (χ1) is 43.2. The molecular weight excluding hydrogens is 1270 g/mol. The van der Waals surface area contributed by atoms with Crippen LogP contribution in [0.1, 0.15) is 142 Å². The molecule has 0 bridgehead atoms. The highest BCUT2D eigenvalue weighted by Crippen LogP contribution is 2.41. The molecule has 2 heterocycles. The number of methoxy groups -OCH3 is 4. The molecule has 2 fully saturated rings. The third-order valence-corrected chi connectivity index (χ3v) is 30.0. The van der Waals surface area contributed by atoms with Gasteiger partial charge in [0.25, 0.3) is 0 Å². The Morgan fingerprint density at radius 1 is 0.574 bits per heavy atom. The van der Waals surface area contributed by atoms with Crippen LogP contribution in [-0.2, 0) is 46.7 Å². The predicted octanol–water partition coefficient (Wildman–Crippen LogP) is 15.6. The molecule has 22 heteroatoms. The van der Waals surface area contributed by atoms with E-state index in [1.807, 2.05) is 71.9 Å². The first-order valence-corrected chi connectivity index (χ1v) is 46.4. The van der Waals surface area contributed by atoms with Gasteiger partial charge in [0.1, 0.15) is 58.5 Å². The number of ether oxygens (including phenoxy) is 12. The Kier molecular flexibility index (Phi) is 32.3. The summed E-state index contributed by atoms with van der Waals surface area (Å²) in [5.41, 5.74) is 1.71. The van der Waals surface area contributed by atoms with E-state index in [1.165, 1.54) is 14.2 Å². The largest absolute Gasteiger partial charge is 0.497 e. The Balaban J connectivity index is 0.000000490. The second kappa shape index (κ2) is 36.1. The second-order valence-corrected chi connectivity index (χ2v) is 51.9. The van der Waals surface area contributed by atoms with E-state index in [-0.39, 0.29) is 53.3 Å². The Hall–Kier alpha value is -4.17. The van der Waals surface area contributed by atoms with Crippen LogP contribution in [0.25, 0.3) is 12.2 Å². The Bertz CT molecular complexity index is 2860. The van der Waals surface area contributed by atoms with Crippen LogP contribution >= 0.6 is 0 Å². The van der Waals surface area contributed by atoms with Crippen LogP contribution in [0.5, 0.6) is 23.0 Å². The number of carbonyl (C=O) groups excluding carboxylic acids is 2. The summed E-state index contributed by atoms with van der Waals surface area (Å²) in [4.78, 5) is 26.8. The van der Waals surface area contributed by atoms with E-state index in [0.29, 0.717) is 65.7 Å². The summed E-state index contributed by atoms with van der Waals surface area (Å²) >= 11 is 0. The third-order valence-electron chi connectivity index (χ3n) is 17.4. The number of hydrogen-bond acceptors (Lipinski definition) is 18. The molecule has 0 amide bonds. The molecule has 4 rings (SSSR count). The minimum atomic E-state index is -1.96. The average molecular weight is 1390 g/mol. The van der Waals surface area contributed by atoms with Crippen LogP contribution in [0.4, 0.5) is 0 Å². The molecule has 2 aromatic rings. The van der Waals surface area contributed by atoms with Gasteiger partial charge in [0.2, 0.25) is 0 Å². The van der Waals surface area contributed by atoms with Crippen molar-refractivity contribution in [3.05, 3.63) is 70.8 Å². The molecule has 10 atom stereocenters. The lowest BCUT2D eigenvalue weighted by Crippen LogP contribution is -2.44. The summed E-state index contributed by atoms with van der Waals surface area (Å²) in [5.74, 6) is 5.14. The van der Waals surface area contributed by atoms with Crippen LogP contribution in [0.2, 0.25) is 87.6 Å². The molecule has 534 valence electrons. The number of rotatable bonds is 32. The zero-order valence-corrected chi connectivity index (χ0v) is 66.6. The summed E-state index contributed by atoms with van der Waals surface area (Å²) in [6.07, 6.45) is 7.82. The molecule has 2 aliphatic heterocycles. The van der Waals surface area contributed by atoms with Crippen LogP contribution in [0.15, 0.2) is 48.6 Å². The lowest BCUT2D eigenvalue weighted by molar-refractivity contribution is -0.152. The molecule has 2 N–H and O–H groups in total. The Labute approximate surface area is 570 Å². The van der Waals surface area contributed by atoms with E-state index in [1.54, 1.807) is 44.6 Å². The van der Waals surface area contributed by atoms with Gasteiger partial charge in [-0.05, 0) is 139 Å². The lowest BCUT2D eigenvalue weighted by atomic mass is 10.00. The fraction of sp³-hybridized carbons (Fsp3) is 0.694. The molecule has 0 aliphatic carbocycles. The molecule has 2 unspecified atom stereocenters. The van der Waals surface area contributed by atoms with Gasteiger partial charge >= 0.3 is 11.9 Å². The van der Waals surface area contributed by atoms with E-state index in [2.05, 4.69) is 133 Å². The smallest absolute Gasteiger partial charge is 0.342 e. The number of hydrogen-bond donors (Lipinski definition) is 2. The van der Waals surface area contributed by atoms with Crippen LogP contribution in [0, 0.1) is 23.7 Å². The SMILES string of the molecule is COCOc1cc(OC)cc(/C=C/C[C@@H]2OC(C)(C)O[C@@H]2C(O)/C=C\[C@H](C)[C@H](C)O[Si](C)(C)C(C)(C)C)c1C(=O)OCC[Si](C)(C)C.COCOc1cc(OC)cc(/C=C/C[C@@H]2OC(C)(C)O[C@@H]2C(O)C#C[C@H](C)[C@H](C)O[Si](C)(C)C(C)(C)C)c1C(=O)OCC[Si](C)(C)C. The number of esters is 2. The van der Waals surface area contributed by atoms with Crippen molar-refractivity contribution in [1.29, 1.82) is 0 Å². The fourth-order valence-corrected chi connectivity index (χ4v) is 13.9. The van der Waals surface area contributed by atoms with E-state index in [4.69, 9.17) is 65.7 Å². The first-order valence-electron chi connectivity index (χ1n) is 33.2. The zero-order valence-electron chi connectivity index (χ0n) is 62.6. The fourth-order valence-electron chi connectivity index (χ4n) is 9.44. The van der Waals surface area contributed by atoms with Crippen molar-refractivity contribution in [1.82, 2.24) is 0 Å². The standard InChI is InChI=1S/C36H62O9Si2.C36H60O9Si2/c2*1-25(26(2)45-47(13,14)35(3,4)5)18-19-29(37)33-30(43-36(6,7)44-33)17-15-16-27-22-28(40-9)23-31(42-24-39-8)32(27)34(38)41-20-21-46(10,11)12/h15-16,18-19,22-23,25-26,29-30,33,37H,17,20-21,24H2,1-14H3;15-16,22-23,25-26,29-30,33,37H,17,20-21,24H2,1-14H3/b16-15+,19-18-;16-15+/t2*25-,26-,29?,30-,33+/m00/s1. The molecule has 2 aliphatic rings. The van der Waals surface area contributed by atoms with Gasteiger partial charge in [-0.3, -0.25) is 0 Å². The minimum absolute atomic E-state index is 0.00677. The minimum Gasteiger partial charge on any atom is -0.497 e. The highest BCUT2D eigenvalue weighted by molar-refractivity contribution is 6.76. The van der Waals surface area contributed by atoms with Crippen molar-refractivity contribution < 1.29 is 85.5 Å². The molecule has 2 saturated heterocycles. The van der Waals surface area contributed by atoms with E-state index >= 15 is 0 Å². The number of benzene rings is 2. The maximum atomic E-state index is 13.4. The van der Waals surface area contributed by atoms with Crippen molar-refractivity contribution >= 4 is 56.9 Å². The summed E-state index contributed by atoms with van der Waals surface area (Å²) in [5, 5.41) is 22.6. The maximum absolute atomic E-state index is 13.4. The van der Waals surface area contributed by atoms with Crippen molar-refractivity contribution in [3.63, 3.8) is 0 Å². The van der Waals surface area contributed by atoms with Gasteiger partial charge in [0.15, 0.2) is 41.8 Å². The normalized spacial score (nSPS) is 20.6. The van der Waals surface area contributed by atoms with Gasteiger partial charge < -0.3 is 75.9 Å². The van der Waals surface area contributed by atoms with Crippen molar-refractivity contribution in [2.75, 3.05) is 55.2 Å². The lowest BCUT2D eigenvalue weighted by Gasteiger charge is -2.39. The van der Waals surface area contributed by atoms with Gasteiger partial charge in [-0.15, -0.1) is 0 Å². The van der Waals surface area contributed by atoms with Crippen LogP contribution in [-0.4, -0.2) is 171 Å². The number of aliphatic hydroxyl groups excluding tert-OH is 2. The summed E-state index contributed by atoms with van der Waals surface area (Å²) in [6, 6.07) is 8.52. The van der Waals surface area contributed by atoms with Crippen LogP contribution < -0.4 is 18.9 Å². The monoisotopic (exact) mass is 1390 g/mol. The van der Waals surface area contributed by atoms with E-state index in [0.717, 1.165) is 12.1 Å². The summed E-state index contributed by atoms with van der Waals surface area (Å²) in [7, 11) is -0.566. The molecule has 0 saturated carbocycles. The van der Waals surface area contributed by atoms with Gasteiger partial charge in [-0.25, -0.2) is 9.59 Å². The van der Waals surface area contributed by atoms with Gasteiger partial charge in [0, 0.05) is 54.5 Å². The van der Waals surface area contributed by atoms with Gasteiger partial charge in [-0.2, -0.15) is 0 Å². The summed E-state index contributed by atoms with van der Waals surface area (Å²) in [6.45, 7) is 51.8. The van der Waals surface area contributed by atoms with Crippen molar-refractivity contribution in [3.8, 4) is 34.8 Å². The number of carbonyl (C=O) groups is 2. The van der Waals surface area contributed by atoms with Crippen molar-refractivity contribution in [2.45, 2.75) is 258 Å². The molecule has 2 aromatic carbocycles. The van der Waals surface area contributed by atoms with Crippen molar-refractivity contribution in [2.24, 2.45) is 11.8 Å². The second-order valence-electron chi connectivity index (χ2n) is 31.2. The van der Waals surface area contributed by atoms with E-state index in [9.17, 15) is 19.8 Å². The summed E-state index contributed by atoms with van der Waals surface area (Å²) < 4.78 is 82.0. The highest BCUT2D eigenvalue weighted by atomic mass is 28.4. The third kappa shape index (κ3) is 27.3. The van der Waals surface area contributed by atoms with Crippen LogP contribution in [0.3, 0.4) is 0 Å². The average Bonchev–Trinajstić information content (AvgIpc) is 1.11. The predicted molar refractivity (Wildman–Crippen MR) is 386 cm³/mol. The van der Waals surface area contributed by atoms with Gasteiger partial charge in [-0.1, -0.05) is 136 Å². The molecule has 0 spiro atoms. The highest BCUT2D eigenvalue weighted by Gasteiger charge is 2.46. The van der Waals surface area contributed by atoms with E-state index < -0.39 is 92.9 Å². The quantitative estimate of drug-likeness (QED) is 0.0230.